The molecular weight excluding hydrogens is 142 g/mol. The molecule has 62 valence electrons. The standard InChI is InChI=1S/C7H13N3O/c1-5(6(8)3-11)7-2-9-4-10-7/h2,4-6,11H,3,8H2,1H3,(H,9,10). The van der Waals surface area contributed by atoms with Crippen molar-refractivity contribution in [2.45, 2.75) is 18.9 Å². The summed E-state index contributed by atoms with van der Waals surface area (Å²) < 4.78 is 0. The molecule has 0 spiro atoms. The summed E-state index contributed by atoms with van der Waals surface area (Å²) in [6.07, 6.45) is 3.33. The lowest BCUT2D eigenvalue weighted by atomic mass is 10.0. The van der Waals surface area contributed by atoms with E-state index < -0.39 is 0 Å². The molecule has 0 bridgehead atoms. The third kappa shape index (κ3) is 1.78. The Morgan fingerprint density at radius 1 is 1.82 bits per heavy atom. The van der Waals surface area contributed by atoms with Gasteiger partial charge in [-0.3, -0.25) is 0 Å². The predicted molar refractivity (Wildman–Crippen MR) is 42.1 cm³/mol. The van der Waals surface area contributed by atoms with Crippen molar-refractivity contribution in [3.05, 3.63) is 18.2 Å². The summed E-state index contributed by atoms with van der Waals surface area (Å²) in [4.78, 5) is 6.82. The lowest BCUT2D eigenvalue weighted by Gasteiger charge is -2.15. The summed E-state index contributed by atoms with van der Waals surface area (Å²) >= 11 is 0. The number of aromatic nitrogens is 2. The maximum atomic E-state index is 8.74. The van der Waals surface area contributed by atoms with Gasteiger partial charge in [-0.15, -0.1) is 0 Å². The Hall–Kier alpha value is -0.870. The molecule has 1 rings (SSSR count). The SMILES string of the molecule is CC(c1cnc[nH]1)C(N)CO. The molecule has 1 aromatic heterocycles. The van der Waals surface area contributed by atoms with Crippen molar-refractivity contribution in [3.8, 4) is 0 Å². The van der Waals surface area contributed by atoms with E-state index in [9.17, 15) is 0 Å². The fourth-order valence-electron chi connectivity index (χ4n) is 0.904. The Kier molecular flexibility index (Phi) is 2.62. The Labute approximate surface area is 65.5 Å². The molecule has 0 aromatic carbocycles. The lowest BCUT2D eigenvalue weighted by Crippen LogP contribution is -2.30. The van der Waals surface area contributed by atoms with Crippen molar-refractivity contribution in [3.63, 3.8) is 0 Å². The topological polar surface area (TPSA) is 74.9 Å². The highest BCUT2D eigenvalue weighted by Crippen LogP contribution is 2.13. The summed E-state index contributed by atoms with van der Waals surface area (Å²) in [5.74, 6) is 0.127. The van der Waals surface area contributed by atoms with Gasteiger partial charge in [0.25, 0.3) is 0 Å². The summed E-state index contributed by atoms with van der Waals surface area (Å²) in [5.41, 5.74) is 6.57. The van der Waals surface area contributed by atoms with Gasteiger partial charge in [-0.05, 0) is 0 Å². The van der Waals surface area contributed by atoms with Crippen molar-refractivity contribution in [2.75, 3.05) is 6.61 Å². The minimum absolute atomic E-state index is 0.000185. The number of hydrogen-bond acceptors (Lipinski definition) is 3. The number of nitrogens with two attached hydrogens (primary N) is 1. The molecule has 2 atom stereocenters. The van der Waals surface area contributed by atoms with Crippen LogP contribution in [0.15, 0.2) is 12.5 Å². The van der Waals surface area contributed by atoms with Crippen LogP contribution in [0.3, 0.4) is 0 Å². The second kappa shape index (κ2) is 3.50. The number of imidazole rings is 1. The Bertz CT molecular complexity index is 197. The third-order valence-electron chi connectivity index (χ3n) is 1.86. The molecule has 0 fully saturated rings. The van der Waals surface area contributed by atoms with Crippen LogP contribution >= 0.6 is 0 Å². The number of rotatable bonds is 3. The zero-order valence-electron chi connectivity index (χ0n) is 6.49. The minimum atomic E-state index is -0.213. The molecule has 0 radical (unpaired) electrons. The van der Waals surface area contributed by atoms with Crippen molar-refractivity contribution < 1.29 is 5.11 Å². The van der Waals surface area contributed by atoms with E-state index in [1.54, 1.807) is 12.5 Å². The molecule has 2 unspecified atom stereocenters. The summed E-state index contributed by atoms with van der Waals surface area (Å²) in [6, 6.07) is -0.213. The van der Waals surface area contributed by atoms with Crippen molar-refractivity contribution in [1.29, 1.82) is 0 Å². The Balaban J connectivity index is 2.62. The third-order valence-corrected chi connectivity index (χ3v) is 1.86. The zero-order chi connectivity index (χ0) is 8.27. The van der Waals surface area contributed by atoms with E-state index in [-0.39, 0.29) is 18.6 Å². The van der Waals surface area contributed by atoms with Gasteiger partial charge in [0.1, 0.15) is 0 Å². The molecule has 4 N–H and O–H groups in total. The summed E-state index contributed by atoms with van der Waals surface area (Å²) in [5, 5.41) is 8.74. The highest BCUT2D eigenvalue weighted by Gasteiger charge is 2.14. The maximum Gasteiger partial charge on any atom is 0.0921 e. The quantitative estimate of drug-likeness (QED) is 0.567. The van der Waals surface area contributed by atoms with Gasteiger partial charge in [0.05, 0.1) is 12.9 Å². The van der Waals surface area contributed by atoms with Gasteiger partial charge in [-0.1, -0.05) is 6.92 Å². The van der Waals surface area contributed by atoms with E-state index in [0.29, 0.717) is 0 Å². The van der Waals surface area contributed by atoms with E-state index in [1.165, 1.54) is 0 Å². The fraction of sp³-hybridized carbons (Fsp3) is 0.571. The second-order valence-electron chi connectivity index (χ2n) is 2.64. The zero-order valence-corrected chi connectivity index (χ0v) is 6.49. The van der Waals surface area contributed by atoms with E-state index >= 15 is 0 Å². The molecule has 0 saturated heterocycles. The first-order valence-corrected chi connectivity index (χ1v) is 3.60. The maximum absolute atomic E-state index is 8.74. The number of H-pyrrole nitrogens is 1. The molecule has 1 heterocycles. The van der Waals surface area contributed by atoms with Crippen LogP contribution < -0.4 is 5.73 Å². The molecule has 0 aliphatic heterocycles. The molecule has 0 aliphatic rings. The van der Waals surface area contributed by atoms with Crippen LogP contribution in [-0.4, -0.2) is 27.7 Å². The molecular formula is C7H13N3O. The Morgan fingerprint density at radius 3 is 3.00 bits per heavy atom. The smallest absolute Gasteiger partial charge is 0.0921 e. The van der Waals surface area contributed by atoms with Crippen LogP contribution in [0.5, 0.6) is 0 Å². The first-order valence-electron chi connectivity index (χ1n) is 3.60. The highest BCUT2D eigenvalue weighted by molar-refractivity contribution is 5.04. The van der Waals surface area contributed by atoms with Crippen molar-refractivity contribution in [1.82, 2.24) is 9.97 Å². The number of aromatic amines is 1. The van der Waals surface area contributed by atoms with E-state index in [4.69, 9.17) is 10.8 Å². The fourth-order valence-corrected chi connectivity index (χ4v) is 0.904. The average Bonchev–Trinajstić information content (AvgIpc) is 2.53. The molecule has 0 amide bonds. The summed E-state index contributed by atoms with van der Waals surface area (Å²) in [7, 11) is 0. The first kappa shape index (κ1) is 8.23. The van der Waals surface area contributed by atoms with Gasteiger partial charge in [-0.25, -0.2) is 4.98 Å². The van der Waals surface area contributed by atoms with Gasteiger partial charge < -0.3 is 15.8 Å². The van der Waals surface area contributed by atoms with Crippen LogP contribution in [0.4, 0.5) is 0 Å². The molecule has 4 heteroatoms. The molecule has 11 heavy (non-hydrogen) atoms. The number of aliphatic hydroxyl groups is 1. The van der Waals surface area contributed by atoms with Gasteiger partial charge in [0, 0.05) is 23.9 Å². The minimum Gasteiger partial charge on any atom is -0.395 e. The average molecular weight is 155 g/mol. The number of aliphatic hydroxyl groups excluding tert-OH is 1. The molecule has 4 nitrogen and oxygen atoms in total. The van der Waals surface area contributed by atoms with Crippen LogP contribution in [-0.2, 0) is 0 Å². The van der Waals surface area contributed by atoms with Gasteiger partial charge in [0.2, 0.25) is 0 Å². The van der Waals surface area contributed by atoms with Crippen LogP contribution in [0.1, 0.15) is 18.5 Å². The van der Waals surface area contributed by atoms with Crippen LogP contribution in [0, 0.1) is 0 Å². The monoisotopic (exact) mass is 155 g/mol. The largest absolute Gasteiger partial charge is 0.395 e. The van der Waals surface area contributed by atoms with Crippen molar-refractivity contribution in [2.24, 2.45) is 5.73 Å². The number of nitrogens with one attached hydrogen (secondary N) is 1. The molecule has 0 saturated carbocycles. The van der Waals surface area contributed by atoms with E-state index in [2.05, 4.69) is 9.97 Å². The van der Waals surface area contributed by atoms with Gasteiger partial charge in [0.15, 0.2) is 0 Å². The van der Waals surface area contributed by atoms with Gasteiger partial charge in [-0.2, -0.15) is 0 Å². The highest BCUT2D eigenvalue weighted by atomic mass is 16.3. The Morgan fingerprint density at radius 2 is 2.55 bits per heavy atom. The molecule has 1 aromatic rings. The van der Waals surface area contributed by atoms with Crippen LogP contribution in [0.2, 0.25) is 0 Å². The molecule has 0 aliphatic carbocycles. The van der Waals surface area contributed by atoms with E-state index in [0.717, 1.165) is 5.69 Å². The van der Waals surface area contributed by atoms with Crippen LogP contribution in [0.25, 0.3) is 0 Å². The second-order valence-corrected chi connectivity index (χ2v) is 2.64. The number of nitrogens with zero attached hydrogens (tertiary/aromatic N) is 1. The predicted octanol–water partition coefficient (Wildman–Crippen LogP) is -0.167. The summed E-state index contributed by atoms with van der Waals surface area (Å²) in [6.45, 7) is 1.95. The lowest BCUT2D eigenvalue weighted by molar-refractivity contribution is 0.251. The first-order chi connectivity index (χ1) is 5.25. The van der Waals surface area contributed by atoms with Crippen molar-refractivity contribution >= 4 is 0 Å². The van der Waals surface area contributed by atoms with Gasteiger partial charge >= 0.3 is 0 Å². The van der Waals surface area contributed by atoms with E-state index in [1.807, 2.05) is 6.92 Å². The number of hydrogen-bond donors (Lipinski definition) is 3. The normalized spacial score (nSPS) is 16.3.